The first-order chi connectivity index (χ1) is 7.95. The lowest BCUT2D eigenvalue weighted by atomic mass is 10.5. The molecule has 0 unspecified atom stereocenters. The van der Waals surface area contributed by atoms with Crippen molar-refractivity contribution in [3.63, 3.8) is 0 Å². The lowest BCUT2D eigenvalue weighted by Crippen LogP contribution is -2.30. The molecule has 0 saturated carbocycles. The van der Waals surface area contributed by atoms with Crippen molar-refractivity contribution in [3.8, 4) is 0 Å². The SMILES string of the molecule is CNCc1ccc(S(=O)(=O)NCCN(C)C)s1. The maximum absolute atomic E-state index is 11.9. The average Bonchev–Trinajstić information content (AvgIpc) is 2.66. The zero-order chi connectivity index (χ0) is 12.9. The Labute approximate surface area is 107 Å². The smallest absolute Gasteiger partial charge is 0.250 e. The van der Waals surface area contributed by atoms with Crippen molar-refractivity contribution in [2.45, 2.75) is 10.8 Å². The Bertz CT molecular complexity index is 440. The summed E-state index contributed by atoms with van der Waals surface area (Å²) in [5.41, 5.74) is 0. The molecule has 0 aromatic carbocycles. The summed E-state index contributed by atoms with van der Waals surface area (Å²) in [5, 5.41) is 3.00. The van der Waals surface area contributed by atoms with Gasteiger partial charge in [-0.2, -0.15) is 0 Å². The Morgan fingerprint density at radius 2 is 2.06 bits per heavy atom. The third-order valence-corrected chi connectivity index (χ3v) is 5.14. The monoisotopic (exact) mass is 277 g/mol. The summed E-state index contributed by atoms with van der Waals surface area (Å²) in [5.74, 6) is 0. The summed E-state index contributed by atoms with van der Waals surface area (Å²) < 4.78 is 26.7. The van der Waals surface area contributed by atoms with Crippen molar-refractivity contribution in [3.05, 3.63) is 17.0 Å². The normalized spacial score (nSPS) is 12.2. The topological polar surface area (TPSA) is 61.4 Å². The Morgan fingerprint density at radius 1 is 1.35 bits per heavy atom. The number of sulfonamides is 1. The van der Waals surface area contributed by atoms with Crippen LogP contribution in [-0.2, 0) is 16.6 Å². The lowest BCUT2D eigenvalue weighted by molar-refractivity contribution is 0.412. The van der Waals surface area contributed by atoms with Gasteiger partial charge in [0.2, 0.25) is 10.0 Å². The number of nitrogens with one attached hydrogen (secondary N) is 2. The summed E-state index contributed by atoms with van der Waals surface area (Å²) in [4.78, 5) is 2.95. The predicted octanol–water partition coefficient (Wildman–Crippen LogP) is 0.307. The third-order valence-electron chi connectivity index (χ3n) is 2.10. The zero-order valence-electron chi connectivity index (χ0n) is 10.4. The molecule has 17 heavy (non-hydrogen) atoms. The van der Waals surface area contributed by atoms with Crippen LogP contribution in [0.3, 0.4) is 0 Å². The van der Waals surface area contributed by atoms with Crippen molar-refractivity contribution in [2.24, 2.45) is 0 Å². The Kier molecular flexibility index (Phi) is 5.54. The molecule has 5 nitrogen and oxygen atoms in total. The average molecular weight is 277 g/mol. The molecule has 0 amide bonds. The van der Waals surface area contributed by atoms with Gasteiger partial charge in [0.25, 0.3) is 0 Å². The molecule has 2 N–H and O–H groups in total. The molecule has 1 rings (SSSR count). The fraction of sp³-hybridized carbons (Fsp3) is 0.600. The maximum Gasteiger partial charge on any atom is 0.250 e. The van der Waals surface area contributed by atoms with Crippen molar-refractivity contribution in [2.75, 3.05) is 34.2 Å². The van der Waals surface area contributed by atoms with Crippen LogP contribution in [0.25, 0.3) is 0 Å². The molecule has 0 atom stereocenters. The van der Waals surface area contributed by atoms with Gasteiger partial charge >= 0.3 is 0 Å². The highest BCUT2D eigenvalue weighted by Crippen LogP contribution is 2.20. The first-order valence-corrected chi connectivity index (χ1v) is 7.63. The van der Waals surface area contributed by atoms with Crippen LogP contribution in [-0.4, -0.2) is 47.6 Å². The van der Waals surface area contributed by atoms with Crippen LogP contribution in [0.15, 0.2) is 16.3 Å². The first kappa shape index (κ1) is 14.6. The molecule has 0 radical (unpaired) electrons. The van der Waals surface area contributed by atoms with Gasteiger partial charge < -0.3 is 10.2 Å². The second-order valence-corrected chi connectivity index (χ2v) is 7.11. The van der Waals surface area contributed by atoms with Gasteiger partial charge in [0, 0.05) is 24.5 Å². The van der Waals surface area contributed by atoms with E-state index in [4.69, 9.17) is 0 Å². The fourth-order valence-electron chi connectivity index (χ4n) is 1.25. The minimum Gasteiger partial charge on any atom is -0.315 e. The van der Waals surface area contributed by atoms with Crippen molar-refractivity contribution < 1.29 is 8.42 Å². The van der Waals surface area contributed by atoms with Gasteiger partial charge in [-0.15, -0.1) is 11.3 Å². The van der Waals surface area contributed by atoms with E-state index in [1.165, 1.54) is 11.3 Å². The van der Waals surface area contributed by atoms with E-state index in [2.05, 4.69) is 10.0 Å². The molecule has 0 bridgehead atoms. The van der Waals surface area contributed by atoms with Gasteiger partial charge in [-0.25, -0.2) is 13.1 Å². The van der Waals surface area contributed by atoms with Gasteiger partial charge in [-0.1, -0.05) is 0 Å². The molecule has 0 fully saturated rings. The van der Waals surface area contributed by atoms with E-state index in [1.54, 1.807) is 6.07 Å². The second kappa shape index (κ2) is 6.46. The van der Waals surface area contributed by atoms with Crippen molar-refractivity contribution in [1.29, 1.82) is 0 Å². The molecule has 0 aliphatic rings. The highest BCUT2D eigenvalue weighted by atomic mass is 32.2. The molecule has 0 saturated heterocycles. The highest BCUT2D eigenvalue weighted by molar-refractivity contribution is 7.91. The van der Waals surface area contributed by atoms with Crippen LogP contribution in [0.4, 0.5) is 0 Å². The molecular formula is C10H19N3O2S2. The lowest BCUT2D eigenvalue weighted by Gasteiger charge is -2.09. The molecule has 1 heterocycles. The van der Waals surface area contributed by atoms with Crippen LogP contribution in [0, 0.1) is 0 Å². The summed E-state index contributed by atoms with van der Waals surface area (Å²) in [6.45, 7) is 1.81. The molecule has 7 heteroatoms. The zero-order valence-corrected chi connectivity index (χ0v) is 12.0. The molecule has 1 aromatic heterocycles. The number of thiophene rings is 1. The van der Waals surface area contributed by atoms with E-state index in [-0.39, 0.29) is 0 Å². The molecule has 98 valence electrons. The van der Waals surface area contributed by atoms with Crippen LogP contribution < -0.4 is 10.0 Å². The maximum atomic E-state index is 11.9. The van der Waals surface area contributed by atoms with Crippen LogP contribution in [0.1, 0.15) is 4.88 Å². The quantitative estimate of drug-likeness (QED) is 0.753. The van der Waals surface area contributed by atoms with Crippen molar-refractivity contribution >= 4 is 21.4 Å². The van der Waals surface area contributed by atoms with E-state index < -0.39 is 10.0 Å². The summed E-state index contributed by atoms with van der Waals surface area (Å²) >= 11 is 1.30. The van der Waals surface area contributed by atoms with Gasteiger partial charge in [-0.3, -0.25) is 0 Å². The number of hydrogen-bond acceptors (Lipinski definition) is 5. The predicted molar refractivity (Wildman–Crippen MR) is 70.8 cm³/mol. The Hall–Kier alpha value is -0.470. The van der Waals surface area contributed by atoms with Crippen LogP contribution >= 0.6 is 11.3 Å². The molecule has 0 aliphatic heterocycles. The minimum atomic E-state index is -3.34. The van der Waals surface area contributed by atoms with E-state index in [9.17, 15) is 8.42 Å². The second-order valence-electron chi connectivity index (χ2n) is 3.95. The van der Waals surface area contributed by atoms with Gasteiger partial charge in [0.1, 0.15) is 4.21 Å². The number of nitrogens with zero attached hydrogens (tertiary/aromatic N) is 1. The van der Waals surface area contributed by atoms with Crippen LogP contribution in [0.5, 0.6) is 0 Å². The van der Waals surface area contributed by atoms with E-state index in [0.29, 0.717) is 23.8 Å². The van der Waals surface area contributed by atoms with E-state index in [1.807, 2.05) is 32.1 Å². The van der Waals surface area contributed by atoms with E-state index in [0.717, 1.165) is 4.88 Å². The van der Waals surface area contributed by atoms with Crippen LogP contribution in [0.2, 0.25) is 0 Å². The summed E-state index contributed by atoms with van der Waals surface area (Å²) in [6.07, 6.45) is 0. The Balaban J connectivity index is 2.62. The molecule has 0 aliphatic carbocycles. The highest BCUT2D eigenvalue weighted by Gasteiger charge is 2.15. The number of hydrogen-bond donors (Lipinski definition) is 2. The largest absolute Gasteiger partial charge is 0.315 e. The minimum absolute atomic E-state index is 0.376. The van der Waals surface area contributed by atoms with Gasteiger partial charge in [-0.05, 0) is 33.3 Å². The molecule has 1 aromatic rings. The van der Waals surface area contributed by atoms with Crippen molar-refractivity contribution in [1.82, 2.24) is 14.9 Å². The summed E-state index contributed by atoms with van der Waals surface area (Å²) in [7, 11) is 2.31. The molecular weight excluding hydrogens is 258 g/mol. The fourth-order valence-corrected chi connectivity index (χ4v) is 3.68. The first-order valence-electron chi connectivity index (χ1n) is 5.33. The van der Waals surface area contributed by atoms with Gasteiger partial charge in [0.15, 0.2) is 0 Å². The number of rotatable bonds is 7. The van der Waals surface area contributed by atoms with Gasteiger partial charge in [0.05, 0.1) is 0 Å². The standard InChI is InChI=1S/C10H19N3O2S2/c1-11-8-9-4-5-10(16-9)17(14,15)12-6-7-13(2)3/h4-5,11-12H,6-8H2,1-3H3. The summed E-state index contributed by atoms with van der Waals surface area (Å²) in [6, 6.07) is 3.48. The van der Waals surface area contributed by atoms with E-state index >= 15 is 0 Å². The molecule has 0 spiro atoms. The Morgan fingerprint density at radius 3 is 2.65 bits per heavy atom. The number of likely N-dealkylation sites (N-methyl/N-ethyl adjacent to an activating group) is 1. The third kappa shape index (κ3) is 4.72.